The van der Waals surface area contributed by atoms with E-state index in [1.807, 2.05) is 124 Å². The number of amides is 5. The van der Waals surface area contributed by atoms with Crippen LogP contribution < -0.4 is 26.6 Å². The summed E-state index contributed by atoms with van der Waals surface area (Å²) in [5, 5.41) is 35.0. The summed E-state index contributed by atoms with van der Waals surface area (Å²) in [6, 6.07) is 82.2. The molecule has 25 nitrogen and oxygen atoms in total. The highest BCUT2D eigenvalue weighted by atomic mass is 19.2. The van der Waals surface area contributed by atoms with Gasteiger partial charge in [0.2, 0.25) is 0 Å². The summed E-state index contributed by atoms with van der Waals surface area (Å²) in [4.78, 5) is 82.7. The Morgan fingerprint density at radius 1 is 0.215 bits per heavy atom. The average molecular weight is 2010 g/mol. The maximum atomic E-state index is 14.1. The molecule has 0 atom stereocenters. The van der Waals surface area contributed by atoms with E-state index in [0.29, 0.717) is 62.4 Å². The van der Waals surface area contributed by atoms with Gasteiger partial charge in [-0.3, -0.25) is 47.4 Å². The molecule has 149 heavy (non-hydrogen) atoms. The molecule has 0 aliphatic heterocycles. The number of aromatic nitrogens is 15. The van der Waals surface area contributed by atoms with Crippen molar-refractivity contribution in [3.05, 3.63) is 449 Å². The minimum atomic E-state index is -0.989. The smallest absolute Gasteiger partial charge is 0.262 e. The number of hydrogen-bond donors (Lipinski definition) is 5. The zero-order valence-electron chi connectivity index (χ0n) is 80.9. The van der Waals surface area contributed by atoms with Crippen molar-refractivity contribution < 1.29 is 67.9 Å². The quantitative estimate of drug-likeness (QED) is 0.0443. The first kappa shape index (κ1) is 103. The lowest BCUT2D eigenvalue weighted by atomic mass is 10.1. The van der Waals surface area contributed by atoms with Gasteiger partial charge in [-0.25, -0.2) is 68.8 Å². The van der Waals surface area contributed by atoms with Crippen LogP contribution in [0.3, 0.4) is 0 Å². The lowest BCUT2D eigenvalue weighted by Crippen LogP contribution is -2.16. The van der Waals surface area contributed by atoms with Gasteiger partial charge in [-0.2, -0.15) is 25.5 Å². The minimum Gasteiger partial charge on any atom is -0.307 e. The highest BCUT2D eigenvalue weighted by molar-refractivity contribution is 6.07. The van der Waals surface area contributed by atoms with Gasteiger partial charge in [0.05, 0.1) is 84.8 Å². The normalized spacial score (nSPS) is 10.8. The molecule has 0 spiro atoms. The fourth-order valence-electron chi connectivity index (χ4n) is 15.9. The number of carbonyl (C=O) groups excluding carboxylic acids is 5. The molecular formula is C114H88F10N20O5. The fourth-order valence-corrected chi connectivity index (χ4v) is 15.9. The molecule has 0 aliphatic carbocycles. The summed E-state index contributed by atoms with van der Waals surface area (Å²) in [7, 11) is 8.74. The highest BCUT2D eigenvalue weighted by Gasteiger charge is 2.26. The maximum Gasteiger partial charge on any atom is 0.262 e. The number of halogens is 10. The molecule has 20 aromatic rings. The molecule has 10 aromatic heterocycles. The third-order valence-electron chi connectivity index (χ3n) is 23.6. The second-order valence-corrected chi connectivity index (χ2v) is 33.7. The van der Waals surface area contributed by atoms with Crippen molar-refractivity contribution in [1.82, 2.24) is 73.8 Å². The van der Waals surface area contributed by atoms with E-state index >= 15 is 0 Å². The SMILES string of the molecule is Cc1ccccc1-c1cc(-c2ccc(NC(=O)c3ccccc3F)nc2)n(C)n1.Cc1ccccc1C(=O)Nc1ccc(-c2cc(-c3c(F)cccc3F)nn2C)cn1.Cc1ccccc1C(=O)Nc1ccc(-c2cc(-c3ccccc3C)nn2C)cn1.Cn1nc(-c2c(F)cccc2F)cc1-c1ccc(NC(=O)c2c(F)cccc2F)nc1.Cn1nc(-c2c(F)cccc2F)cc1-c1ccc(NC(=O)c2ccccc2F)nc1. The van der Waals surface area contributed by atoms with Gasteiger partial charge in [-0.15, -0.1) is 0 Å². The predicted molar refractivity (Wildman–Crippen MR) is 550 cm³/mol. The van der Waals surface area contributed by atoms with Crippen molar-refractivity contribution in [2.45, 2.75) is 27.7 Å². The number of benzene rings is 10. The molecule has 0 radical (unpaired) electrons. The Balaban J connectivity index is 0.000000133. The standard InChI is InChI=1S/C24H22N4O.C23H18F2N4O.C23H19FN4O.C22H14F4N4O.C22H15F3N4O/c1-16-8-4-6-10-19(16)21-14-22(28(3)27-21)18-12-13-23(25-15-18)26-24(29)20-11-7-5-9-17(20)2;1-14-6-3-4-7-16(14)23(30)27-21-11-10-15(13-26-21)20-12-19(28-29(20)2)22-17(24)8-5-9-18(22)25;1-15-7-3-4-8-17(15)20-13-21(28(2)27-20)16-11-12-22(25-14-16)26-23(29)18-9-5-6-10-19(18)24;1-30-18(10-17(29-30)20-13(23)4-2-5-14(20)24)12-8-9-19(27-11-12)28-22(31)21-15(25)6-3-7-16(21)26;1-29-19(11-18(28-29)21-16(24)7-4-8-17(21)25)13-9-10-20(26-12-13)27-22(30)14-5-2-3-6-15(14)23/h4-15H,1-3H3,(H,25,26,29);3-13H,1-2H3,(H,26,27,30);3-14H,1-2H3,(H,25,26,29);2-11H,1H3,(H,27,28,31);2-12H,1H3,(H,26,27,30). The van der Waals surface area contributed by atoms with Gasteiger partial charge in [0.25, 0.3) is 29.5 Å². The molecule has 744 valence electrons. The Labute approximate surface area is 846 Å². The lowest BCUT2D eigenvalue weighted by Gasteiger charge is -2.07. The molecule has 20 rings (SSSR count). The van der Waals surface area contributed by atoms with Crippen LogP contribution >= 0.6 is 0 Å². The van der Waals surface area contributed by atoms with Crippen LogP contribution in [0, 0.1) is 85.9 Å². The second kappa shape index (κ2) is 45.9. The van der Waals surface area contributed by atoms with E-state index in [9.17, 15) is 67.9 Å². The number of nitrogens with zero attached hydrogens (tertiary/aromatic N) is 15. The third-order valence-corrected chi connectivity index (χ3v) is 23.6. The molecule has 0 saturated heterocycles. The second-order valence-electron chi connectivity index (χ2n) is 33.7. The van der Waals surface area contributed by atoms with Gasteiger partial charge < -0.3 is 26.6 Å². The topological polar surface area (TPSA) is 299 Å². The number of rotatable bonds is 20. The first-order valence-electron chi connectivity index (χ1n) is 45.9. The van der Waals surface area contributed by atoms with Crippen LogP contribution in [0.2, 0.25) is 0 Å². The van der Waals surface area contributed by atoms with Crippen LogP contribution in [-0.2, 0) is 35.2 Å². The summed E-state index contributed by atoms with van der Waals surface area (Å²) < 4.78 is 147. The Hall–Kier alpha value is -19.4. The lowest BCUT2D eigenvalue weighted by molar-refractivity contribution is 0.101. The molecule has 35 heteroatoms. The summed E-state index contributed by atoms with van der Waals surface area (Å²) in [5.74, 6) is -8.38. The van der Waals surface area contributed by atoms with Gasteiger partial charge in [0.1, 0.15) is 92.8 Å². The molecular weight excluding hydrogens is 1920 g/mol. The van der Waals surface area contributed by atoms with Crippen LogP contribution in [-0.4, -0.2) is 103 Å². The van der Waals surface area contributed by atoms with Crippen LogP contribution in [0.5, 0.6) is 0 Å². The van der Waals surface area contributed by atoms with Crippen molar-refractivity contribution in [1.29, 1.82) is 0 Å². The molecule has 0 bridgehead atoms. The highest BCUT2D eigenvalue weighted by Crippen LogP contribution is 2.37. The zero-order chi connectivity index (χ0) is 105. The summed E-state index contributed by atoms with van der Waals surface area (Å²) in [6.07, 6.45) is 7.87. The van der Waals surface area contributed by atoms with Crippen molar-refractivity contribution >= 4 is 58.6 Å². The average Bonchev–Trinajstić information content (AvgIpc) is 1.69. The van der Waals surface area contributed by atoms with E-state index in [1.54, 1.807) is 117 Å². The number of anilines is 5. The first-order valence-corrected chi connectivity index (χ1v) is 45.9. The van der Waals surface area contributed by atoms with Crippen molar-refractivity contribution in [3.63, 3.8) is 0 Å². The Kier molecular flexibility index (Phi) is 31.6. The van der Waals surface area contributed by atoms with Gasteiger partial charge in [0, 0.05) is 116 Å². The predicted octanol–water partition coefficient (Wildman–Crippen LogP) is 24.6. The van der Waals surface area contributed by atoms with E-state index in [1.165, 1.54) is 123 Å². The van der Waals surface area contributed by atoms with E-state index in [0.717, 1.165) is 92.1 Å². The number of nitrogens with one attached hydrogen (secondary N) is 5. The molecule has 5 amide bonds. The van der Waals surface area contributed by atoms with Crippen LogP contribution in [0.4, 0.5) is 73.0 Å². The third kappa shape index (κ3) is 24.1. The van der Waals surface area contributed by atoms with E-state index in [2.05, 4.69) is 115 Å². The van der Waals surface area contributed by atoms with E-state index in [-0.39, 0.29) is 68.3 Å². The Morgan fingerprint density at radius 3 is 0.671 bits per heavy atom. The monoisotopic (exact) mass is 2010 g/mol. The van der Waals surface area contributed by atoms with Crippen LogP contribution in [0.25, 0.3) is 113 Å². The molecule has 0 aliphatic rings. The molecule has 0 unspecified atom stereocenters. The molecule has 0 saturated carbocycles. The van der Waals surface area contributed by atoms with Crippen LogP contribution in [0.1, 0.15) is 74.0 Å². The van der Waals surface area contributed by atoms with Crippen molar-refractivity contribution in [2.75, 3.05) is 26.6 Å². The molecule has 5 N–H and O–H groups in total. The van der Waals surface area contributed by atoms with Crippen molar-refractivity contribution in [3.8, 4) is 113 Å². The fraction of sp³-hybridized carbons (Fsp3) is 0.0789. The first-order chi connectivity index (χ1) is 71.8. The number of aryl methyl sites for hydroxylation is 9. The Bertz CT molecular complexity index is 7900. The van der Waals surface area contributed by atoms with E-state index in [4.69, 9.17) is 0 Å². The van der Waals surface area contributed by atoms with Crippen LogP contribution in [0.15, 0.2) is 340 Å². The molecule has 10 aromatic carbocycles. The maximum absolute atomic E-state index is 14.1. The minimum absolute atomic E-state index is 0.0205. The van der Waals surface area contributed by atoms with E-state index < -0.39 is 81.5 Å². The number of pyridine rings is 5. The van der Waals surface area contributed by atoms with Gasteiger partial charge in [0.15, 0.2) is 0 Å². The van der Waals surface area contributed by atoms with Crippen molar-refractivity contribution in [2.24, 2.45) is 35.2 Å². The number of hydrogen-bond acceptors (Lipinski definition) is 15. The van der Waals surface area contributed by atoms with Gasteiger partial charge in [-0.05, 0) is 226 Å². The summed E-state index contributed by atoms with van der Waals surface area (Å²) in [5.41, 5.74) is 15.7. The largest absolute Gasteiger partial charge is 0.307 e. The van der Waals surface area contributed by atoms with Gasteiger partial charge in [-0.1, -0.05) is 133 Å². The molecule has 10 heterocycles. The summed E-state index contributed by atoms with van der Waals surface area (Å²) in [6.45, 7) is 7.92. The zero-order valence-corrected chi connectivity index (χ0v) is 80.9. The Morgan fingerprint density at radius 2 is 0.423 bits per heavy atom. The van der Waals surface area contributed by atoms with Gasteiger partial charge >= 0.3 is 0 Å². The number of carbonyl (C=O) groups is 5. The summed E-state index contributed by atoms with van der Waals surface area (Å²) >= 11 is 0. The molecule has 0 fully saturated rings.